The second-order valence-electron chi connectivity index (χ2n) is 4.83. The molecular weight excluding hydrogens is 282 g/mol. The third-order valence-corrected chi connectivity index (χ3v) is 3.77. The average molecular weight is 303 g/mol. The van der Waals surface area contributed by atoms with Crippen LogP contribution in [0.4, 0.5) is 5.82 Å². The maximum atomic E-state index is 12.3. The van der Waals surface area contributed by atoms with Crippen LogP contribution < -0.4 is 10.6 Å². The maximum Gasteiger partial charge on any atom is 0.251 e. The molecule has 0 saturated heterocycles. The molecule has 0 aliphatic carbocycles. The first-order chi connectivity index (χ1) is 10.2. The number of thiophene rings is 1. The predicted octanol–water partition coefficient (Wildman–Crippen LogP) is 3.46. The van der Waals surface area contributed by atoms with E-state index in [0.717, 1.165) is 36.5 Å². The molecule has 0 aliphatic rings. The molecule has 0 saturated carbocycles. The van der Waals surface area contributed by atoms with Crippen LogP contribution in [0.3, 0.4) is 0 Å². The average Bonchev–Trinajstić information content (AvgIpc) is 2.98. The molecule has 2 rings (SSSR count). The summed E-state index contributed by atoms with van der Waals surface area (Å²) in [7, 11) is 0. The zero-order chi connectivity index (χ0) is 15.1. The summed E-state index contributed by atoms with van der Waals surface area (Å²) in [6.45, 7) is 5.48. The number of aromatic nitrogens is 1. The van der Waals surface area contributed by atoms with E-state index in [0.29, 0.717) is 12.1 Å². The summed E-state index contributed by atoms with van der Waals surface area (Å²) in [5, 5.41) is 10.2. The Hall–Kier alpha value is -1.88. The van der Waals surface area contributed by atoms with Crippen LogP contribution in [-0.4, -0.2) is 17.4 Å². The number of carbonyl (C=O) groups is 1. The minimum absolute atomic E-state index is 0.0555. The first-order valence-corrected chi connectivity index (χ1v) is 8.21. The molecule has 2 aromatic rings. The van der Waals surface area contributed by atoms with Crippen molar-refractivity contribution in [3.8, 4) is 0 Å². The molecule has 5 heteroatoms. The van der Waals surface area contributed by atoms with Crippen molar-refractivity contribution in [2.45, 2.75) is 33.2 Å². The Kier molecular flexibility index (Phi) is 5.75. The van der Waals surface area contributed by atoms with Gasteiger partial charge < -0.3 is 10.6 Å². The summed E-state index contributed by atoms with van der Waals surface area (Å²) in [4.78, 5) is 16.8. The molecule has 112 valence electrons. The SMILES string of the molecule is CCCc1cc(C(=O)NCc2ccsc2)cc(NCC)n1. The summed E-state index contributed by atoms with van der Waals surface area (Å²) in [6, 6.07) is 5.71. The van der Waals surface area contributed by atoms with Crippen LogP contribution in [0, 0.1) is 0 Å². The molecule has 0 aliphatic heterocycles. The minimum Gasteiger partial charge on any atom is -0.370 e. The molecular formula is C16H21N3OS. The minimum atomic E-state index is -0.0555. The number of hydrogen-bond acceptors (Lipinski definition) is 4. The number of rotatable bonds is 7. The number of nitrogens with zero attached hydrogens (tertiary/aromatic N) is 1. The van der Waals surface area contributed by atoms with Gasteiger partial charge in [-0.25, -0.2) is 4.98 Å². The fraction of sp³-hybridized carbons (Fsp3) is 0.375. The molecule has 0 bridgehead atoms. The molecule has 4 nitrogen and oxygen atoms in total. The van der Waals surface area contributed by atoms with E-state index >= 15 is 0 Å². The van der Waals surface area contributed by atoms with E-state index < -0.39 is 0 Å². The van der Waals surface area contributed by atoms with Crippen molar-refractivity contribution in [1.82, 2.24) is 10.3 Å². The highest BCUT2D eigenvalue weighted by Gasteiger charge is 2.09. The fourth-order valence-electron chi connectivity index (χ4n) is 2.05. The van der Waals surface area contributed by atoms with Gasteiger partial charge in [-0.15, -0.1) is 0 Å². The molecule has 2 heterocycles. The lowest BCUT2D eigenvalue weighted by atomic mass is 10.1. The van der Waals surface area contributed by atoms with Crippen molar-refractivity contribution in [2.75, 3.05) is 11.9 Å². The van der Waals surface area contributed by atoms with E-state index in [9.17, 15) is 4.79 Å². The van der Waals surface area contributed by atoms with Gasteiger partial charge >= 0.3 is 0 Å². The largest absolute Gasteiger partial charge is 0.370 e. The van der Waals surface area contributed by atoms with Gasteiger partial charge in [-0.3, -0.25) is 4.79 Å². The van der Waals surface area contributed by atoms with Gasteiger partial charge in [0.05, 0.1) is 0 Å². The number of hydrogen-bond donors (Lipinski definition) is 2. The number of amides is 1. The molecule has 0 atom stereocenters. The molecule has 2 N–H and O–H groups in total. The van der Waals surface area contributed by atoms with E-state index in [2.05, 4.69) is 22.5 Å². The maximum absolute atomic E-state index is 12.3. The van der Waals surface area contributed by atoms with Crippen LogP contribution in [0.2, 0.25) is 0 Å². The van der Waals surface area contributed by atoms with Crippen molar-refractivity contribution in [2.24, 2.45) is 0 Å². The molecule has 0 unspecified atom stereocenters. The van der Waals surface area contributed by atoms with Crippen LogP contribution in [-0.2, 0) is 13.0 Å². The van der Waals surface area contributed by atoms with Crippen molar-refractivity contribution >= 4 is 23.1 Å². The van der Waals surface area contributed by atoms with Crippen molar-refractivity contribution < 1.29 is 4.79 Å². The van der Waals surface area contributed by atoms with Gasteiger partial charge in [-0.05, 0) is 47.9 Å². The Morgan fingerprint density at radius 2 is 2.19 bits per heavy atom. The quantitative estimate of drug-likeness (QED) is 0.823. The van der Waals surface area contributed by atoms with E-state index in [-0.39, 0.29) is 5.91 Å². The number of anilines is 1. The van der Waals surface area contributed by atoms with Gasteiger partial charge in [0.2, 0.25) is 0 Å². The highest BCUT2D eigenvalue weighted by molar-refractivity contribution is 7.07. The van der Waals surface area contributed by atoms with Crippen LogP contribution in [0.1, 0.15) is 41.9 Å². The van der Waals surface area contributed by atoms with E-state index in [4.69, 9.17) is 0 Å². The molecule has 0 spiro atoms. The van der Waals surface area contributed by atoms with E-state index in [1.54, 1.807) is 11.3 Å². The number of nitrogens with one attached hydrogen (secondary N) is 2. The standard InChI is InChI=1S/C16H21N3OS/c1-3-5-14-8-13(9-15(19-14)17-4-2)16(20)18-10-12-6-7-21-11-12/h6-9,11H,3-5,10H2,1-2H3,(H,17,19)(H,18,20). The Labute approximate surface area is 129 Å². The van der Waals surface area contributed by atoms with Gasteiger partial charge in [0, 0.05) is 24.3 Å². The second-order valence-corrected chi connectivity index (χ2v) is 5.61. The molecule has 0 fully saturated rings. The predicted molar refractivity (Wildman–Crippen MR) is 87.9 cm³/mol. The van der Waals surface area contributed by atoms with Crippen molar-refractivity contribution in [3.05, 3.63) is 45.8 Å². The summed E-state index contributed by atoms with van der Waals surface area (Å²) < 4.78 is 0. The van der Waals surface area contributed by atoms with Crippen LogP contribution in [0.15, 0.2) is 29.0 Å². The van der Waals surface area contributed by atoms with Gasteiger partial charge in [0.25, 0.3) is 5.91 Å². The van der Waals surface area contributed by atoms with Gasteiger partial charge in [0.1, 0.15) is 5.82 Å². The first kappa shape index (κ1) is 15.5. The Morgan fingerprint density at radius 1 is 1.33 bits per heavy atom. The summed E-state index contributed by atoms with van der Waals surface area (Å²) >= 11 is 1.63. The number of pyridine rings is 1. The third kappa shape index (κ3) is 4.56. The van der Waals surface area contributed by atoms with E-state index in [1.165, 1.54) is 0 Å². The van der Waals surface area contributed by atoms with E-state index in [1.807, 2.05) is 35.9 Å². The van der Waals surface area contributed by atoms with Gasteiger partial charge in [-0.2, -0.15) is 11.3 Å². The van der Waals surface area contributed by atoms with Gasteiger partial charge in [-0.1, -0.05) is 13.3 Å². The molecule has 21 heavy (non-hydrogen) atoms. The van der Waals surface area contributed by atoms with Crippen LogP contribution >= 0.6 is 11.3 Å². The lowest BCUT2D eigenvalue weighted by Crippen LogP contribution is -2.23. The first-order valence-electron chi connectivity index (χ1n) is 7.27. The zero-order valence-electron chi connectivity index (χ0n) is 12.5. The highest BCUT2D eigenvalue weighted by Crippen LogP contribution is 2.13. The van der Waals surface area contributed by atoms with Crippen molar-refractivity contribution in [1.29, 1.82) is 0 Å². The highest BCUT2D eigenvalue weighted by atomic mass is 32.1. The van der Waals surface area contributed by atoms with Crippen molar-refractivity contribution in [3.63, 3.8) is 0 Å². The Morgan fingerprint density at radius 3 is 2.86 bits per heavy atom. The number of carbonyl (C=O) groups excluding carboxylic acids is 1. The molecule has 0 aromatic carbocycles. The lowest BCUT2D eigenvalue weighted by molar-refractivity contribution is 0.0950. The smallest absolute Gasteiger partial charge is 0.251 e. The third-order valence-electron chi connectivity index (χ3n) is 3.04. The monoisotopic (exact) mass is 303 g/mol. The summed E-state index contributed by atoms with van der Waals surface area (Å²) in [5.74, 6) is 0.712. The Bertz CT molecular complexity index is 557. The zero-order valence-corrected chi connectivity index (χ0v) is 13.3. The van der Waals surface area contributed by atoms with Gasteiger partial charge in [0.15, 0.2) is 0 Å². The second kappa shape index (κ2) is 7.78. The normalized spacial score (nSPS) is 10.4. The summed E-state index contributed by atoms with van der Waals surface area (Å²) in [5.41, 5.74) is 2.75. The fourth-order valence-corrected chi connectivity index (χ4v) is 2.72. The molecule has 0 radical (unpaired) electrons. The molecule has 2 aromatic heterocycles. The van der Waals surface area contributed by atoms with Crippen LogP contribution in [0.5, 0.6) is 0 Å². The Balaban J connectivity index is 2.10. The van der Waals surface area contributed by atoms with Crippen LogP contribution in [0.25, 0.3) is 0 Å². The summed E-state index contributed by atoms with van der Waals surface area (Å²) in [6.07, 6.45) is 1.89. The molecule has 1 amide bonds. The number of aryl methyl sites for hydroxylation is 1. The lowest BCUT2D eigenvalue weighted by Gasteiger charge is -2.10. The topological polar surface area (TPSA) is 54.0 Å².